The van der Waals surface area contributed by atoms with Gasteiger partial charge in [0.25, 0.3) is 0 Å². The first-order valence-electron chi connectivity index (χ1n) is 9.45. The van der Waals surface area contributed by atoms with Crippen molar-refractivity contribution >= 4 is 34.4 Å². The van der Waals surface area contributed by atoms with Crippen molar-refractivity contribution in [1.29, 1.82) is 0 Å². The minimum atomic E-state index is -0.0914. The van der Waals surface area contributed by atoms with Crippen molar-refractivity contribution in [3.63, 3.8) is 0 Å². The van der Waals surface area contributed by atoms with Crippen LogP contribution in [-0.4, -0.2) is 41.4 Å². The van der Waals surface area contributed by atoms with Crippen molar-refractivity contribution in [3.8, 4) is 0 Å². The minimum absolute atomic E-state index is 0.0914. The second-order valence-electron chi connectivity index (χ2n) is 6.69. The summed E-state index contributed by atoms with van der Waals surface area (Å²) in [5.74, 6) is 0.870. The number of fused-ring (bicyclic) bond motifs is 1. The van der Waals surface area contributed by atoms with Gasteiger partial charge < -0.3 is 9.88 Å². The summed E-state index contributed by atoms with van der Waals surface area (Å²) in [5, 5.41) is 20.6. The average Bonchev–Trinajstić information content (AvgIpc) is 3.33. The van der Waals surface area contributed by atoms with Crippen molar-refractivity contribution in [2.45, 2.75) is 25.2 Å². The monoisotopic (exact) mass is 419 g/mol. The number of hydrogen-bond donors (Lipinski definition) is 1. The molecular weight excluding hydrogens is 398 g/mol. The van der Waals surface area contributed by atoms with Crippen LogP contribution < -0.4 is 5.32 Å². The molecule has 30 heavy (non-hydrogen) atoms. The summed E-state index contributed by atoms with van der Waals surface area (Å²) in [7, 11) is 0. The number of para-hydroxylation sites is 2. The summed E-state index contributed by atoms with van der Waals surface area (Å²) in [6, 6.07) is 15.5. The molecule has 2 aromatic heterocycles. The zero-order valence-corrected chi connectivity index (χ0v) is 17.3. The Labute approximate surface area is 178 Å². The second-order valence-corrected chi connectivity index (χ2v) is 7.63. The average molecular weight is 420 g/mol. The largest absolute Gasteiger partial charge is 0.325 e. The smallest absolute Gasteiger partial charge is 0.234 e. The number of nitrogens with one attached hydrogen (secondary N) is 1. The van der Waals surface area contributed by atoms with Crippen LogP contribution in [0.25, 0.3) is 11.0 Å². The van der Waals surface area contributed by atoms with Crippen LogP contribution in [-0.2, 0) is 17.9 Å². The van der Waals surface area contributed by atoms with E-state index in [2.05, 4.69) is 32.4 Å². The van der Waals surface area contributed by atoms with Gasteiger partial charge in [0.2, 0.25) is 5.91 Å². The molecule has 4 rings (SSSR count). The Balaban J connectivity index is 1.47. The van der Waals surface area contributed by atoms with E-state index in [1.54, 1.807) is 10.8 Å². The molecule has 0 fully saturated rings. The number of anilines is 1. The van der Waals surface area contributed by atoms with Gasteiger partial charge in [-0.2, -0.15) is 0 Å². The van der Waals surface area contributed by atoms with Crippen LogP contribution in [0, 0.1) is 6.92 Å². The van der Waals surface area contributed by atoms with Gasteiger partial charge in [0.05, 0.1) is 11.3 Å². The van der Waals surface area contributed by atoms with Crippen molar-refractivity contribution in [3.05, 3.63) is 72.6 Å². The SMILES string of the molecule is C=CCn1c(Cn2nnc3ccccc32)nnc1SCC(=O)Nc1ccccc1C. The van der Waals surface area contributed by atoms with E-state index in [1.165, 1.54) is 11.8 Å². The van der Waals surface area contributed by atoms with E-state index in [1.807, 2.05) is 60.0 Å². The van der Waals surface area contributed by atoms with E-state index in [0.29, 0.717) is 18.2 Å². The molecule has 4 aromatic rings. The van der Waals surface area contributed by atoms with Gasteiger partial charge in [-0.1, -0.05) is 53.4 Å². The highest BCUT2D eigenvalue weighted by Gasteiger charge is 2.16. The highest BCUT2D eigenvalue weighted by molar-refractivity contribution is 7.99. The Morgan fingerprint density at radius 2 is 1.93 bits per heavy atom. The van der Waals surface area contributed by atoms with Gasteiger partial charge in [-0.05, 0) is 30.7 Å². The van der Waals surface area contributed by atoms with E-state index in [-0.39, 0.29) is 11.7 Å². The fraction of sp³-hybridized carbons (Fsp3) is 0.190. The molecule has 0 aliphatic rings. The van der Waals surface area contributed by atoms with Crippen molar-refractivity contribution < 1.29 is 4.79 Å². The molecule has 0 spiro atoms. The summed E-state index contributed by atoms with van der Waals surface area (Å²) in [4.78, 5) is 12.4. The summed E-state index contributed by atoms with van der Waals surface area (Å²) in [6.45, 7) is 6.75. The van der Waals surface area contributed by atoms with Gasteiger partial charge in [-0.3, -0.25) is 4.79 Å². The minimum Gasteiger partial charge on any atom is -0.325 e. The Morgan fingerprint density at radius 1 is 1.13 bits per heavy atom. The van der Waals surface area contributed by atoms with Crippen LogP contribution in [0.15, 0.2) is 66.3 Å². The Hall–Kier alpha value is -3.46. The number of thioether (sulfide) groups is 1. The molecule has 2 heterocycles. The lowest BCUT2D eigenvalue weighted by molar-refractivity contribution is -0.113. The number of amides is 1. The van der Waals surface area contributed by atoms with E-state index in [9.17, 15) is 4.79 Å². The zero-order valence-electron chi connectivity index (χ0n) is 16.5. The van der Waals surface area contributed by atoms with Crippen molar-refractivity contribution in [2.75, 3.05) is 11.1 Å². The first kappa shape index (κ1) is 19.8. The molecule has 8 nitrogen and oxygen atoms in total. The topological polar surface area (TPSA) is 90.5 Å². The molecule has 0 saturated carbocycles. The maximum Gasteiger partial charge on any atom is 0.234 e. The maximum absolute atomic E-state index is 12.4. The molecule has 0 radical (unpaired) electrons. The third kappa shape index (κ3) is 4.25. The Bertz CT molecular complexity index is 1200. The number of aryl methyl sites for hydroxylation is 1. The van der Waals surface area contributed by atoms with Crippen LogP contribution in [0.4, 0.5) is 5.69 Å². The lowest BCUT2D eigenvalue weighted by atomic mass is 10.2. The molecule has 2 aromatic carbocycles. The van der Waals surface area contributed by atoms with Gasteiger partial charge >= 0.3 is 0 Å². The predicted molar refractivity (Wildman–Crippen MR) is 117 cm³/mol. The van der Waals surface area contributed by atoms with Crippen molar-refractivity contribution in [1.82, 2.24) is 29.8 Å². The number of hydrogen-bond acceptors (Lipinski definition) is 6. The molecule has 152 valence electrons. The van der Waals surface area contributed by atoms with E-state index < -0.39 is 0 Å². The number of benzene rings is 2. The lowest BCUT2D eigenvalue weighted by Gasteiger charge is -2.09. The van der Waals surface area contributed by atoms with Gasteiger partial charge in [-0.15, -0.1) is 21.9 Å². The summed E-state index contributed by atoms with van der Waals surface area (Å²) in [6.07, 6.45) is 1.78. The highest BCUT2D eigenvalue weighted by atomic mass is 32.2. The molecule has 0 saturated heterocycles. The number of carbonyl (C=O) groups excluding carboxylic acids is 1. The molecule has 1 N–H and O–H groups in total. The van der Waals surface area contributed by atoms with Crippen LogP contribution in [0.1, 0.15) is 11.4 Å². The fourth-order valence-corrected chi connectivity index (χ4v) is 3.82. The molecule has 0 aliphatic heterocycles. The first-order valence-corrected chi connectivity index (χ1v) is 10.4. The van der Waals surface area contributed by atoms with Gasteiger partial charge in [-0.25, -0.2) is 4.68 Å². The highest BCUT2D eigenvalue weighted by Crippen LogP contribution is 2.20. The number of rotatable bonds is 8. The van der Waals surface area contributed by atoms with E-state index in [4.69, 9.17) is 0 Å². The zero-order chi connectivity index (χ0) is 20.9. The molecule has 0 bridgehead atoms. The number of allylic oxidation sites excluding steroid dienone is 1. The lowest BCUT2D eigenvalue weighted by Crippen LogP contribution is -2.15. The Morgan fingerprint density at radius 3 is 2.77 bits per heavy atom. The molecule has 0 atom stereocenters. The van der Waals surface area contributed by atoms with Crippen molar-refractivity contribution in [2.24, 2.45) is 0 Å². The van der Waals surface area contributed by atoms with Crippen LogP contribution >= 0.6 is 11.8 Å². The summed E-state index contributed by atoms with van der Waals surface area (Å²) >= 11 is 1.34. The van der Waals surface area contributed by atoms with E-state index >= 15 is 0 Å². The fourth-order valence-electron chi connectivity index (χ4n) is 3.05. The van der Waals surface area contributed by atoms with Crippen LogP contribution in [0.5, 0.6) is 0 Å². The number of nitrogens with zero attached hydrogens (tertiary/aromatic N) is 6. The second kappa shape index (κ2) is 8.91. The van der Waals surface area contributed by atoms with Gasteiger partial charge in [0.1, 0.15) is 12.1 Å². The van der Waals surface area contributed by atoms with Gasteiger partial charge in [0.15, 0.2) is 11.0 Å². The Kier molecular flexibility index (Phi) is 5.89. The van der Waals surface area contributed by atoms with Crippen LogP contribution in [0.2, 0.25) is 0 Å². The third-order valence-corrected chi connectivity index (χ3v) is 5.53. The van der Waals surface area contributed by atoms with Gasteiger partial charge in [0, 0.05) is 12.2 Å². The molecule has 0 unspecified atom stereocenters. The standard InChI is InChI=1S/C21H21N7OS/c1-3-12-27-19(13-28-18-11-7-6-10-17(18)23-26-28)24-25-21(27)30-14-20(29)22-16-9-5-4-8-15(16)2/h3-11H,1,12-14H2,2H3,(H,22,29). The molecule has 0 aliphatic carbocycles. The maximum atomic E-state index is 12.4. The predicted octanol–water partition coefficient (Wildman–Crippen LogP) is 3.30. The molecule has 9 heteroatoms. The quantitative estimate of drug-likeness (QED) is 0.348. The summed E-state index contributed by atoms with van der Waals surface area (Å²) < 4.78 is 3.73. The summed E-state index contributed by atoms with van der Waals surface area (Å²) in [5.41, 5.74) is 3.59. The van der Waals surface area contributed by atoms with Crippen LogP contribution in [0.3, 0.4) is 0 Å². The first-order chi connectivity index (χ1) is 14.7. The molecule has 1 amide bonds. The number of carbonyl (C=O) groups is 1. The van der Waals surface area contributed by atoms with E-state index in [0.717, 1.165) is 28.1 Å². The number of aromatic nitrogens is 6. The molecular formula is C21H21N7OS. The third-order valence-electron chi connectivity index (χ3n) is 4.57. The normalized spacial score (nSPS) is 11.0.